The van der Waals surface area contributed by atoms with Crippen LogP contribution in [0.25, 0.3) is 22.8 Å². The van der Waals surface area contributed by atoms with Gasteiger partial charge in [0.15, 0.2) is 0 Å². The lowest BCUT2D eigenvalue weighted by Crippen LogP contribution is -2.38. The van der Waals surface area contributed by atoms with E-state index in [0.29, 0.717) is 17.5 Å². The molecule has 0 spiro atoms. The number of aryl methyl sites for hydroxylation is 2. The molecule has 1 atom stereocenters. The average molecular weight is 505 g/mol. The van der Waals surface area contributed by atoms with Gasteiger partial charge in [-0.1, -0.05) is 26.8 Å². The molecule has 7 nitrogen and oxygen atoms in total. The van der Waals surface area contributed by atoms with E-state index in [4.69, 9.17) is 9.40 Å². The molecule has 4 aromatic rings. The maximum atomic E-state index is 14.5. The molecule has 0 unspecified atom stereocenters. The molecule has 0 radical (unpaired) electrons. The van der Waals surface area contributed by atoms with Crippen LogP contribution in [0.5, 0.6) is 0 Å². The molecular weight excluding hydrogens is 474 g/mol. The Labute approximate surface area is 215 Å². The Morgan fingerprint density at radius 2 is 1.73 bits per heavy atom. The lowest BCUT2D eigenvalue weighted by atomic mass is 9.63. The van der Waals surface area contributed by atoms with Crippen molar-refractivity contribution >= 4 is 0 Å². The Morgan fingerprint density at radius 1 is 1.00 bits per heavy atom. The molecule has 0 aliphatic heterocycles. The van der Waals surface area contributed by atoms with Crippen molar-refractivity contribution in [1.82, 2.24) is 30.4 Å². The molecule has 1 aliphatic rings. The largest absolute Gasteiger partial charge is 0.420 e. The number of benzene rings is 1. The van der Waals surface area contributed by atoms with Gasteiger partial charge < -0.3 is 4.42 Å². The summed E-state index contributed by atoms with van der Waals surface area (Å²) < 4.78 is 34.5. The van der Waals surface area contributed by atoms with Gasteiger partial charge in [-0.05, 0) is 54.9 Å². The third-order valence-electron chi connectivity index (χ3n) is 6.30. The molecule has 3 aromatic heterocycles. The number of hydrogen-bond acceptors (Lipinski definition) is 7. The lowest BCUT2D eigenvalue weighted by molar-refractivity contribution is 0.249. The Hall–Kier alpha value is -3.88. The van der Waals surface area contributed by atoms with E-state index in [0.717, 1.165) is 42.6 Å². The van der Waals surface area contributed by atoms with Crippen molar-refractivity contribution in [3.8, 4) is 22.8 Å². The minimum atomic E-state index is -0.663. The van der Waals surface area contributed by atoms with Crippen molar-refractivity contribution < 1.29 is 13.2 Å². The second-order valence-corrected chi connectivity index (χ2v) is 10.3. The third-order valence-corrected chi connectivity index (χ3v) is 6.30. The van der Waals surface area contributed by atoms with Crippen LogP contribution in [0.15, 0.2) is 54.2 Å². The van der Waals surface area contributed by atoms with E-state index in [-0.39, 0.29) is 16.7 Å². The molecule has 9 heteroatoms. The number of nitrogens with zero attached hydrogens (tertiary/aromatic N) is 6. The number of rotatable bonds is 4. The van der Waals surface area contributed by atoms with Crippen molar-refractivity contribution in [2.24, 2.45) is 5.41 Å². The highest BCUT2D eigenvalue weighted by atomic mass is 19.1. The fraction of sp³-hybridized carbons (Fsp3) is 0.357. The van der Waals surface area contributed by atoms with Gasteiger partial charge in [0.2, 0.25) is 5.89 Å². The molecule has 0 saturated heterocycles. The quantitative estimate of drug-likeness (QED) is 0.296. The van der Waals surface area contributed by atoms with Crippen LogP contribution < -0.4 is 0 Å². The van der Waals surface area contributed by atoms with Crippen molar-refractivity contribution in [2.75, 3.05) is 0 Å². The monoisotopic (exact) mass is 504 g/mol. The number of halogens is 2. The first kappa shape index (κ1) is 26.2. The fourth-order valence-electron chi connectivity index (χ4n) is 5.10. The molecule has 1 aromatic carbocycles. The first-order valence-electron chi connectivity index (χ1n) is 12.1. The zero-order valence-electron chi connectivity index (χ0n) is 21.6. The average Bonchev–Trinajstić information content (AvgIpc) is 3.31. The second-order valence-electron chi connectivity index (χ2n) is 10.3. The predicted molar refractivity (Wildman–Crippen MR) is 136 cm³/mol. The first-order chi connectivity index (χ1) is 17.7. The normalized spacial score (nSPS) is 17.0. The lowest BCUT2D eigenvalue weighted by Gasteiger charge is -2.41. The Balaban J connectivity index is 0.00000156. The van der Waals surface area contributed by atoms with Crippen LogP contribution in [0.1, 0.15) is 62.9 Å². The van der Waals surface area contributed by atoms with Gasteiger partial charge in [-0.3, -0.25) is 4.98 Å². The molecule has 1 aliphatic carbocycles. The maximum absolute atomic E-state index is 14.5. The number of fused-ring (bicyclic) bond motifs is 1. The summed E-state index contributed by atoms with van der Waals surface area (Å²) in [6, 6.07) is 5.55. The van der Waals surface area contributed by atoms with Gasteiger partial charge in [0.05, 0.1) is 34.3 Å². The van der Waals surface area contributed by atoms with Gasteiger partial charge in [-0.25, -0.2) is 13.8 Å². The SMILES string of the molecule is C=C.Cc1nnc(-c2cncc([C@@]3(CC(C)(C)C)CCCc4cc(-c5c(F)cccc5F)nnc43)n2)o1. The molecular formula is C28H30F2N6O. The van der Waals surface area contributed by atoms with Crippen LogP contribution >= 0.6 is 0 Å². The van der Waals surface area contributed by atoms with Crippen LogP contribution in [-0.4, -0.2) is 30.4 Å². The van der Waals surface area contributed by atoms with Gasteiger partial charge in [-0.15, -0.1) is 28.5 Å². The van der Waals surface area contributed by atoms with Crippen LogP contribution in [0.2, 0.25) is 0 Å². The van der Waals surface area contributed by atoms with Gasteiger partial charge >= 0.3 is 0 Å². The van der Waals surface area contributed by atoms with E-state index in [9.17, 15) is 8.78 Å². The molecule has 0 saturated carbocycles. The number of aromatic nitrogens is 6. The second kappa shape index (κ2) is 10.2. The Kier molecular flexibility index (Phi) is 7.25. The molecule has 0 amide bonds. The summed E-state index contributed by atoms with van der Waals surface area (Å²) in [7, 11) is 0. The summed E-state index contributed by atoms with van der Waals surface area (Å²) in [5.41, 5.74) is 2.27. The molecule has 0 fully saturated rings. The van der Waals surface area contributed by atoms with E-state index >= 15 is 0 Å². The van der Waals surface area contributed by atoms with Gasteiger partial charge in [0.1, 0.15) is 17.3 Å². The zero-order chi connectivity index (χ0) is 26.8. The molecule has 3 heterocycles. The highest BCUT2D eigenvalue weighted by molar-refractivity contribution is 5.62. The fourth-order valence-corrected chi connectivity index (χ4v) is 5.10. The summed E-state index contributed by atoms with van der Waals surface area (Å²) in [5.74, 6) is -0.581. The summed E-state index contributed by atoms with van der Waals surface area (Å²) in [6.45, 7) is 14.2. The van der Waals surface area contributed by atoms with E-state index in [1.807, 2.05) is 0 Å². The Morgan fingerprint density at radius 3 is 2.38 bits per heavy atom. The number of hydrogen-bond donors (Lipinski definition) is 0. The van der Waals surface area contributed by atoms with Crippen molar-refractivity contribution in [3.05, 3.63) is 84.3 Å². The molecule has 0 bridgehead atoms. The van der Waals surface area contributed by atoms with E-state index in [1.165, 1.54) is 18.2 Å². The van der Waals surface area contributed by atoms with E-state index in [1.54, 1.807) is 25.4 Å². The topological polar surface area (TPSA) is 90.5 Å². The van der Waals surface area contributed by atoms with Gasteiger partial charge in [0, 0.05) is 13.1 Å². The molecule has 192 valence electrons. The van der Waals surface area contributed by atoms with Crippen LogP contribution in [0.4, 0.5) is 8.78 Å². The minimum absolute atomic E-state index is 0.0780. The molecule has 5 rings (SSSR count). The predicted octanol–water partition coefficient (Wildman–Crippen LogP) is 6.43. The minimum Gasteiger partial charge on any atom is -0.420 e. The maximum Gasteiger partial charge on any atom is 0.267 e. The van der Waals surface area contributed by atoms with Gasteiger partial charge in [-0.2, -0.15) is 5.10 Å². The molecule has 0 N–H and O–H groups in total. The van der Waals surface area contributed by atoms with E-state index < -0.39 is 17.0 Å². The Bertz CT molecular complexity index is 1390. The van der Waals surface area contributed by atoms with Crippen molar-refractivity contribution in [1.29, 1.82) is 0 Å². The molecule has 37 heavy (non-hydrogen) atoms. The van der Waals surface area contributed by atoms with Crippen molar-refractivity contribution in [2.45, 2.75) is 58.8 Å². The smallest absolute Gasteiger partial charge is 0.267 e. The van der Waals surface area contributed by atoms with Gasteiger partial charge in [0.25, 0.3) is 5.89 Å². The summed E-state index contributed by atoms with van der Waals surface area (Å²) >= 11 is 0. The summed E-state index contributed by atoms with van der Waals surface area (Å²) in [4.78, 5) is 9.34. The zero-order valence-corrected chi connectivity index (χ0v) is 21.6. The van der Waals surface area contributed by atoms with Crippen LogP contribution in [0, 0.1) is 24.0 Å². The van der Waals surface area contributed by atoms with Crippen molar-refractivity contribution in [3.63, 3.8) is 0 Å². The van der Waals surface area contributed by atoms with Crippen LogP contribution in [0.3, 0.4) is 0 Å². The standard InChI is InChI=1S/C26H26F2N6O.C2H4/c1-15-31-34-24(35-15)20-12-29-13-21(30-20)26(14-25(2,3)4)10-6-7-16-11-19(32-33-23(16)26)22-17(27)8-5-9-18(22)28;1-2/h5,8-9,11-13H,6-7,10,14H2,1-4H3;1-2H2/t26-;/m0./s1. The summed E-state index contributed by atoms with van der Waals surface area (Å²) in [5, 5.41) is 16.9. The first-order valence-corrected chi connectivity index (χ1v) is 12.1. The van der Waals surface area contributed by atoms with Crippen LogP contribution in [-0.2, 0) is 11.8 Å². The third kappa shape index (κ3) is 5.16. The highest BCUT2D eigenvalue weighted by Crippen LogP contribution is 2.48. The highest BCUT2D eigenvalue weighted by Gasteiger charge is 2.44. The summed E-state index contributed by atoms with van der Waals surface area (Å²) in [6.07, 6.45) is 6.46. The van der Waals surface area contributed by atoms with E-state index in [2.05, 4.69) is 59.3 Å².